The maximum absolute atomic E-state index is 10.7. The summed E-state index contributed by atoms with van der Waals surface area (Å²) in [5.74, 6) is 0.107. The Morgan fingerprint density at radius 1 is 1.31 bits per heavy atom. The summed E-state index contributed by atoms with van der Waals surface area (Å²) >= 11 is 0. The fraction of sp³-hybridized carbons (Fsp3) is 0.222. The number of aliphatic imine (C=N–C) groups is 1. The number of isocyanates is 1. The molecule has 16 heavy (non-hydrogen) atoms. The van der Waals surface area contributed by atoms with Crippen LogP contribution in [-0.4, -0.2) is 25.2 Å². The molecule has 1 aromatic rings. The van der Waals surface area contributed by atoms with Gasteiger partial charge >= 0.3 is 5.69 Å². The molecule has 0 saturated heterocycles. The van der Waals surface area contributed by atoms with E-state index in [1.165, 1.54) is 26.4 Å². The van der Waals surface area contributed by atoms with E-state index in [1.807, 2.05) is 0 Å². The lowest BCUT2D eigenvalue weighted by Gasteiger charge is -2.06. The third-order valence-electron chi connectivity index (χ3n) is 1.84. The van der Waals surface area contributed by atoms with Gasteiger partial charge in [-0.15, -0.1) is 0 Å². The lowest BCUT2D eigenvalue weighted by atomic mass is 10.2. The van der Waals surface area contributed by atoms with Gasteiger partial charge in [0.25, 0.3) is 0 Å². The van der Waals surface area contributed by atoms with Crippen molar-refractivity contribution < 1.29 is 19.2 Å². The largest absolute Gasteiger partial charge is 0.494 e. The monoisotopic (exact) mass is 224 g/mol. The summed E-state index contributed by atoms with van der Waals surface area (Å²) in [6.07, 6.45) is 1.33. The Labute approximate surface area is 90.5 Å². The molecule has 7 nitrogen and oxygen atoms in total. The Morgan fingerprint density at radius 2 is 1.94 bits per heavy atom. The molecule has 0 aliphatic rings. The molecule has 84 valence electrons. The second kappa shape index (κ2) is 4.90. The van der Waals surface area contributed by atoms with Gasteiger partial charge in [0.15, 0.2) is 11.5 Å². The van der Waals surface area contributed by atoms with E-state index in [4.69, 9.17) is 9.47 Å². The minimum atomic E-state index is -0.615. The predicted octanol–water partition coefficient (Wildman–Crippen LogP) is 1.58. The molecule has 0 atom stereocenters. The van der Waals surface area contributed by atoms with Crippen LogP contribution in [0, 0.1) is 10.1 Å². The van der Waals surface area contributed by atoms with Gasteiger partial charge in [-0.3, -0.25) is 10.1 Å². The molecular formula is C9H8N2O5. The molecule has 0 heterocycles. The summed E-state index contributed by atoms with van der Waals surface area (Å²) in [5.41, 5.74) is -0.135. The molecule has 0 saturated carbocycles. The van der Waals surface area contributed by atoms with Crippen LogP contribution in [0.2, 0.25) is 0 Å². The predicted molar refractivity (Wildman–Crippen MR) is 54.0 cm³/mol. The standard InChI is InChI=1S/C9H8N2O5/c1-15-8-4-7(11(13)14)9(16-2)3-6(8)10-5-12/h3-4H,1-2H3. The second-order valence-corrected chi connectivity index (χ2v) is 2.66. The molecule has 0 aliphatic carbocycles. The lowest BCUT2D eigenvalue weighted by molar-refractivity contribution is -0.385. The van der Waals surface area contributed by atoms with Crippen LogP contribution in [0.15, 0.2) is 17.1 Å². The Balaban J connectivity index is 3.45. The SMILES string of the molecule is COc1cc([N+](=O)[O-])c(OC)cc1N=C=O. The first-order chi connectivity index (χ1) is 7.63. The quantitative estimate of drug-likeness (QED) is 0.335. The molecule has 1 rings (SSSR count). The molecule has 0 radical (unpaired) electrons. The summed E-state index contributed by atoms with van der Waals surface area (Å²) in [6, 6.07) is 2.37. The number of nitro benzene ring substituents is 1. The number of carbonyl (C=O) groups excluding carboxylic acids is 1. The van der Waals surface area contributed by atoms with Crippen molar-refractivity contribution in [3.8, 4) is 11.5 Å². The number of nitro groups is 1. The van der Waals surface area contributed by atoms with E-state index in [9.17, 15) is 14.9 Å². The molecule has 0 amide bonds. The Bertz CT molecular complexity index is 435. The van der Waals surface area contributed by atoms with E-state index in [1.54, 1.807) is 0 Å². The highest BCUT2D eigenvalue weighted by Gasteiger charge is 2.19. The van der Waals surface area contributed by atoms with Gasteiger partial charge < -0.3 is 9.47 Å². The zero-order valence-corrected chi connectivity index (χ0v) is 8.59. The topological polar surface area (TPSA) is 91.0 Å². The number of nitrogens with zero attached hydrogens (tertiary/aromatic N) is 2. The first kappa shape index (κ1) is 11.7. The fourth-order valence-corrected chi connectivity index (χ4v) is 1.14. The number of hydrogen-bond donors (Lipinski definition) is 0. The second-order valence-electron chi connectivity index (χ2n) is 2.66. The summed E-state index contributed by atoms with van der Waals surface area (Å²) in [4.78, 5) is 23.6. The van der Waals surface area contributed by atoms with Crippen LogP contribution in [0.3, 0.4) is 0 Å². The molecule has 7 heteroatoms. The highest BCUT2D eigenvalue weighted by atomic mass is 16.6. The minimum Gasteiger partial charge on any atom is -0.494 e. The Hall–Kier alpha value is -2.40. The summed E-state index contributed by atoms with van der Waals surface area (Å²) < 4.78 is 9.66. The maximum Gasteiger partial charge on any atom is 0.314 e. The maximum atomic E-state index is 10.7. The first-order valence-electron chi connectivity index (χ1n) is 4.12. The number of ether oxygens (including phenoxy) is 2. The van der Waals surface area contributed by atoms with Gasteiger partial charge in [0, 0.05) is 6.07 Å². The summed E-state index contributed by atoms with van der Waals surface area (Å²) in [5, 5.41) is 10.7. The van der Waals surface area contributed by atoms with Gasteiger partial charge in [-0.05, 0) is 0 Å². The number of rotatable bonds is 4. The molecule has 0 N–H and O–H groups in total. The van der Waals surface area contributed by atoms with Gasteiger partial charge in [-0.1, -0.05) is 0 Å². The molecule has 0 aliphatic heterocycles. The Kier molecular flexibility index (Phi) is 3.58. The van der Waals surface area contributed by atoms with Crippen molar-refractivity contribution in [3.63, 3.8) is 0 Å². The fourth-order valence-electron chi connectivity index (χ4n) is 1.14. The first-order valence-corrected chi connectivity index (χ1v) is 4.12. The van der Waals surface area contributed by atoms with Crippen molar-refractivity contribution in [1.82, 2.24) is 0 Å². The molecule has 0 fully saturated rings. The van der Waals surface area contributed by atoms with Crippen molar-refractivity contribution in [3.05, 3.63) is 22.2 Å². The number of benzene rings is 1. The molecule has 1 aromatic carbocycles. The Morgan fingerprint density at radius 3 is 2.38 bits per heavy atom. The molecule has 0 bridgehead atoms. The smallest absolute Gasteiger partial charge is 0.314 e. The van der Waals surface area contributed by atoms with Crippen LogP contribution in [-0.2, 0) is 4.79 Å². The third kappa shape index (κ3) is 2.15. The lowest BCUT2D eigenvalue weighted by Crippen LogP contribution is -1.95. The average Bonchev–Trinajstić information content (AvgIpc) is 2.28. The van der Waals surface area contributed by atoms with E-state index >= 15 is 0 Å². The van der Waals surface area contributed by atoms with Crippen LogP contribution >= 0.6 is 0 Å². The van der Waals surface area contributed by atoms with E-state index in [2.05, 4.69) is 4.99 Å². The van der Waals surface area contributed by atoms with E-state index in [0.29, 0.717) is 0 Å². The highest BCUT2D eigenvalue weighted by Crippen LogP contribution is 2.38. The van der Waals surface area contributed by atoms with Crippen LogP contribution in [0.5, 0.6) is 11.5 Å². The van der Waals surface area contributed by atoms with Gasteiger partial charge in [0.2, 0.25) is 6.08 Å². The van der Waals surface area contributed by atoms with Crippen LogP contribution in [0.4, 0.5) is 11.4 Å². The van der Waals surface area contributed by atoms with Crippen molar-refractivity contribution in [2.75, 3.05) is 14.2 Å². The van der Waals surface area contributed by atoms with Gasteiger partial charge in [0.1, 0.15) is 5.69 Å². The van der Waals surface area contributed by atoms with Crippen molar-refractivity contribution in [2.45, 2.75) is 0 Å². The van der Waals surface area contributed by atoms with Gasteiger partial charge in [-0.25, -0.2) is 4.79 Å². The number of hydrogen-bond acceptors (Lipinski definition) is 6. The summed E-state index contributed by atoms with van der Waals surface area (Å²) in [6.45, 7) is 0. The van der Waals surface area contributed by atoms with Crippen LogP contribution in [0.1, 0.15) is 0 Å². The van der Waals surface area contributed by atoms with Crippen LogP contribution in [0.25, 0.3) is 0 Å². The van der Waals surface area contributed by atoms with E-state index < -0.39 is 4.92 Å². The third-order valence-corrected chi connectivity index (χ3v) is 1.84. The minimum absolute atomic E-state index is 0.000185. The molecule has 0 spiro atoms. The zero-order chi connectivity index (χ0) is 12.1. The van der Waals surface area contributed by atoms with Gasteiger partial charge in [0.05, 0.1) is 25.2 Å². The normalized spacial score (nSPS) is 9.12. The molecule has 0 unspecified atom stereocenters. The summed E-state index contributed by atoms with van der Waals surface area (Å²) in [7, 11) is 2.60. The highest BCUT2D eigenvalue weighted by molar-refractivity contribution is 5.66. The van der Waals surface area contributed by atoms with E-state index in [-0.39, 0.29) is 22.9 Å². The van der Waals surface area contributed by atoms with Crippen molar-refractivity contribution >= 4 is 17.5 Å². The van der Waals surface area contributed by atoms with Crippen molar-refractivity contribution in [1.29, 1.82) is 0 Å². The van der Waals surface area contributed by atoms with Crippen molar-refractivity contribution in [2.24, 2.45) is 4.99 Å². The average molecular weight is 224 g/mol. The molecular weight excluding hydrogens is 216 g/mol. The zero-order valence-electron chi connectivity index (χ0n) is 8.59. The van der Waals surface area contributed by atoms with Gasteiger partial charge in [-0.2, -0.15) is 4.99 Å². The number of methoxy groups -OCH3 is 2. The molecule has 0 aromatic heterocycles. The van der Waals surface area contributed by atoms with Crippen LogP contribution < -0.4 is 9.47 Å². The van der Waals surface area contributed by atoms with E-state index in [0.717, 1.165) is 6.07 Å².